The number of aliphatic hydroxyl groups is 6. The van der Waals surface area contributed by atoms with Gasteiger partial charge in [-0.05, 0) is 30.7 Å². The number of phenols is 2. The number of hydrogen-bond donors (Lipinski definition) is 8. The second-order valence-electron chi connectivity index (χ2n) is 8.04. The van der Waals surface area contributed by atoms with Crippen LogP contribution in [-0.4, -0.2) is 115 Å². The largest absolute Gasteiger partial charge is 0.504 e. The molecule has 2 aliphatic rings. The van der Waals surface area contributed by atoms with Crippen molar-refractivity contribution in [2.45, 2.75) is 68.3 Å². The van der Waals surface area contributed by atoms with E-state index in [1.807, 2.05) is 0 Å². The molecule has 2 heterocycles. The van der Waals surface area contributed by atoms with Crippen molar-refractivity contribution in [1.29, 1.82) is 0 Å². The van der Waals surface area contributed by atoms with E-state index in [4.69, 9.17) is 18.9 Å². The van der Waals surface area contributed by atoms with Gasteiger partial charge in [0.2, 0.25) is 0 Å². The van der Waals surface area contributed by atoms with Crippen LogP contribution in [0.15, 0.2) is 24.3 Å². The summed E-state index contributed by atoms with van der Waals surface area (Å²) in [6.45, 7) is 0.938. The first-order chi connectivity index (χ1) is 16.0. The summed E-state index contributed by atoms with van der Waals surface area (Å²) in [5.74, 6) is -1.73. The van der Waals surface area contributed by atoms with Crippen molar-refractivity contribution >= 4 is 12.0 Å². The lowest BCUT2D eigenvalue weighted by molar-refractivity contribution is -0.322. The van der Waals surface area contributed by atoms with Crippen molar-refractivity contribution < 1.29 is 64.6 Å². The van der Waals surface area contributed by atoms with E-state index in [0.29, 0.717) is 5.56 Å². The Kier molecular flexibility index (Phi) is 8.46. The van der Waals surface area contributed by atoms with Crippen LogP contribution in [0.3, 0.4) is 0 Å². The summed E-state index contributed by atoms with van der Waals surface area (Å²) in [4.78, 5) is 12.3. The Hall–Kier alpha value is -2.33. The fourth-order valence-electron chi connectivity index (χ4n) is 3.52. The molecule has 1 aromatic rings. The molecule has 190 valence electrons. The molecule has 0 amide bonds. The number of aliphatic hydroxyl groups excluding tert-OH is 6. The molecule has 13 heteroatoms. The number of hydrogen-bond acceptors (Lipinski definition) is 13. The van der Waals surface area contributed by atoms with Gasteiger partial charge in [0.1, 0.15) is 36.6 Å². The number of rotatable bonds is 6. The number of carbonyl (C=O) groups excluding carboxylic acids is 1. The first-order valence-corrected chi connectivity index (χ1v) is 10.4. The Balaban J connectivity index is 1.67. The Morgan fingerprint density at radius 2 is 1.65 bits per heavy atom. The highest BCUT2D eigenvalue weighted by molar-refractivity contribution is 5.87. The molecule has 0 radical (unpaired) electrons. The first kappa shape index (κ1) is 26.3. The molecule has 10 atom stereocenters. The number of carbonyl (C=O) groups is 1. The zero-order chi connectivity index (χ0) is 25.2. The first-order valence-electron chi connectivity index (χ1n) is 10.4. The van der Waals surface area contributed by atoms with Crippen LogP contribution in [0.1, 0.15) is 12.5 Å². The summed E-state index contributed by atoms with van der Waals surface area (Å²) in [7, 11) is 0. The number of aromatic hydroxyl groups is 2. The average Bonchev–Trinajstić information content (AvgIpc) is 2.80. The van der Waals surface area contributed by atoms with E-state index in [2.05, 4.69) is 0 Å². The van der Waals surface area contributed by atoms with E-state index in [1.54, 1.807) is 0 Å². The molecule has 3 rings (SSSR count). The van der Waals surface area contributed by atoms with Gasteiger partial charge in [-0.15, -0.1) is 0 Å². The highest BCUT2D eigenvalue weighted by Crippen LogP contribution is 2.27. The van der Waals surface area contributed by atoms with Gasteiger partial charge < -0.3 is 59.8 Å². The Bertz CT molecular complexity index is 876. The van der Waals surface area contributed by atoms with Gasteiger partial charge in [0, 0.05) is 6.08 Å². The van der Waals surface area contributed by atoms with Crippen molar-refractivity contribution in [3.63, 3.8) is 0 Å². The van der Waals surface area contributed by atoms with Crippen LogP contribution < -0.4 is 0 Å². The molecule has 8 N–H and O–H groups in total. The summed E-state index contributed by atoms with van der Waals surface area (Å²) in [5, 5.41) is 78.6. The molecule has 0 saturated carbocycles. The Morgan fingerprint density at radius 1 is 0.941 bits per heavy atom. The minimum atomic E-state index is -1.84. The quantitative estimate of drug-likeness (QED) is 0.116. The van der Waals surface area contributed by atoms with Gasteiger partial charge in [0.25, 0.3) is 0 Å². The number of phenolic OH excluding ortho intramolecular Hbond substituents is 2. The fraction of sp³-hybridized carbons (Fsp3) is 0.571. The van der Waals surface area contributed by atoms with E-state index in [0.717, 1.165) is 6.08 Å². The number of benzene rings is 1. The predicted octanol–water partition coefficient (Wildman–Crippen LogP) is -2.69. The molecule has 0 bridgehead atoms. The molecule has 0 spiro atoms. The zero-order valence-electron chi connectivity index (χ0n) is 18.0. The predicted molar refractivity (Wildman–Crippen MR) is 110 cm³/mol. The number of esters is 1. The van der Waals surface area contributed by atoms with Crippen molar-refractivity contribution in [2.75, 3.05) is 6.61 Å². The fourth-order valence-corrected chi connectivity index (χ4v) is 3.52. The van der Waals surface area contributed by atoms with Crippen LogP contribution in [0, 0.1) is 0 Å². The SMILES string of the molecule is C[C@@H]1O[C@@H](OC[C@H]2O[C@@H](O)[C@H](O)[C@@H](O)[C@@H]2OC(=O)/C=C/c2ccc(O)c(O)c2)[C@H](O)[C@H](O)[C@H]1O. The minimum absolute atomic E-state index is 0.346. The summed E-state index contributed by atoms with van der Waals surface area (Å²) in [6.07, 6.45) is -12.8. The minimum Gasteiger partial charge on any atom is -0.504 e. The van der Waals surface area contributed by atoms with Crippen LogP contribution in [0.4, 0.5) is 0 Å². The van der Waals surface area contributed by atoms with Crippen molar-refractivity contribution in [1.82, 2.24) is 0 Å². The third-order valence-electron chi connectivity index (χ3n) is 5.56. The summed E-state index contributed by atoms with van der Waals surface area (Å²) >= 11 is 0. The van der Waals surface area contributed by atoms with E-state index in [-0.39, 0.29) is 5.75 Å². The second kappa shape index (κ2) is 10.9. The molecule has 0 unspecified atom stereocenters. The zero-order valence-corrected chi connectivity index (χ0v) is 18.0. The monoisotopic (exact) mass is 488 g/mol. The van der Waals surface area contributed by atoms with E-state index in [9.17, 15) is 45.6 Å². The third-order valence-corrected chi connectivity index (χ3v) is 5.56. The summed E-state index contributed by atoms with van der Waals surface area (Å²) in [6, 6.07) is 3.81. The van der Waals surface area contributed by atoms with Gasteiger partial charge in [-0.2, -0.15) is 0 Å². The molecular weight excluding hydrogens is 460 g/mol. The van der Waals surface area contributed by atoms with Crippen LogP contribution >= 0.6 is 0 Å². The topological polar surface area (TPSA) is 216 Å². The molecule has 13 nitrogen and oxygen atoms in total. The molecule has 1 aromatic carbocycles. The van der Waals surface area contributed by atoms with Crippen LogP contribution in [0.5, 0.6) is 11.5 Å². The van der Waals surface area contributed by atoms with Gasteiger partial charge in [0.15, 0.2) is 30.2 Å². The van der Waals surface area contributed by atoms with Gasteiger partial charge in [-0.1, -0.05) is 6.07 Å². The molecule has 2 aliphatic heterocycles. The lowest BCUT2D eigenvalue weighted by Crippen LogP contribution is -2.61. The van der Waals surface area contributed by atoms with E-state index >= 15 is 0 Å². The van der Waals surface area contributed by atoms with Gasteiger partial charge >= 0.3 is 5.97 Å². The molecule has 34 heavy (non-hydrogen) atoms. The summed E-state index contributed by atoms with van der Waals surface area (Å²) < 4.78 is 21.1. The lowest BCUT2D eigenvalue weighted by Gasteiger charge is -2.42. The maximum Gasteiger partial charge on any atom is 0.331 e. The second-order valence-corrected chi connectivity index (χ2v) is 8.04. The molecule has 2 saturated heterocycles. The standard InChI is InChI=1S/C21H28O13/c1-8-14(25)15(26)18(29)21(32-8)31-7-12-19(16(27)17(28)20(30)33-12)34-13(24)5-3-9-2-4-10(22)11(23)6-9/h2-6,8,12,14-23,25-30H,7H2,1H3/b5-3+/t8-,12+,14-,15+,16+,17+,18+,19+,20+,21+/m0/s1. The maximum absolute atomic E-state index is 12.3. The van der Waals surface area contributed by atoms with Gasteiger partial charge in [0.05, 0.1) is 12.7 Å². The third kappa shape index (κ3) is 5.83. The van der Waals surface area contributed by atoms with E-state index in [1.165, 1.54) is 31.2 Å². The normalized spacial score (nSPS) is 38.7. The average molecular weight is 488 g/mol. The van der Waals surface area contributed by atoms with Crippen LogP contribution in [-0.2, 0) is 23.7 Å². The number of ether oxygens (including phenoxy) is 4. The molecule has 0 aliphatic carbocycles. The Labute approximate surface area is 193 Å². The molecule has 2 fully saturated rings. The molecular formula is C21H28O13. The van der Waals surface area contributed by atoms with Crippen molar-refractivity contribution in [3.05, 3.63) is 29.8 Å². The van der Waals surface area contributed by atoms with Crippen molar-refractivity contribution in [3.8, 4) is 11.5 Å². The van der Waals surface area contributed by atoms with Crippen LogP contribution in [0.2, 0.25) is 0 Å². The highest BCUT2D eigenvalue weighted by Gasteiger charge is 2.48. The van der Waals surface area contributed by atoms with Gasteiger partial charge in [-0.3, -0.25) is 0 Å². The van der Waals surface area contributed by atoms with E-state index < -0.39 is 79.7 Å². The van der Waals surface area contributed by atoms with Crippen LogP contribution in [0.25, 0.3) is 6.08 Å². The smallest absolute Gasteiger partial charge is 0.331 e. The van der Waals surface area contributed by atoms with Crippen molar-refractivity contribution in [2.24, 2.45) is 0 Å². The maximum atomic E-state index is 12.3. The van der Waals surface area contributed by atoms with Gasteiger partial charge in [-0.25, -0.2) is 4.79 Å². The highest BCUT2D eigenvalue weighted by atomic mass is 16.7. The Morgan fingerprint density at radius 3 is 2.32 bits per heavy atom. The summed E-state index contributed by atoms with van der Waals surface area (Å²) in [5.41, 5.74) is 0.348. The lowest BCUT2D eigenvalue weighted by atomic mass is 9.98. The molecule has 0 aromatic heterocycles.